The molecule has 1 heterocycles. The number of nitrogens with zero attached hydrogens (tertiary/aromatic N) is 2. The van der Waals surface area contributed by atoms with Gasteiger partial charge in [-0.3, -0.25) is 4.79 Å². The molecule has 18 heavy (non-hydrogen) atoms. The maximum absolute atomic E-state index is 11.9. The number of ether oxygens (including phenoxy) is 1. The SMILES string of the molecule is CSc1ncccc1C(=O)O[C@@H](C)C(=O)N(C)C. The van der Waals surface area contributed by atoms with E-state index in [9.17, 15) is 9.59 Å². The quantitative estimate of drug-likeness (QED) is 0.611. The third-order valence-electron chi connectivity index (χ3n) is 2.26. The van der Waals surface area contributed by atoms with Crippen LogP contribution in [0.4, 0.5) is 0 Å². The van der Waals surface area contributed by atoms with E-state index in [2.05, 4.69) is 4.98 Å². The zero-order valence-corrected chi connectivity index (χ0v) is 11.7. The summed E-state index contributed by atoms with van der Waals surface area (Å²) < 4.78 is 5.12. The number of carbonyl (C=O) groups excluding carboxylic acids is 2. The topological polar surface area (TPSA) is 59.5 Å². The van der Waals surface area contributed by atoms with Crippen molar-refractivity contribution in [3.63, 3.8) is 0 Å². The van der Waals surface area contributed by atoms with Crippen LogP contribution in [0.1, 0.15) is 17.3 Å². The number of esters is 1. The summed E-state index contributed by atoms with van der Waals surface area (Å²) >= 11 is 1.36. The Morgan fingerprint density at radius 3 is 2.67 bits per heavy atom. The average molecular weight is 268 g/mol. The van der Waals surface area contributed by atoms with Gasteiger partial charge < -0.3 is 9.64 Å². The van der Waals surface area contributed by atoms with Crippen LogP contribution in [0.3, 0.4) is 0 Å². The number of carbonyl (C=O) groups is 2. The molecule has 5 nitrogen and oxygen atoms in total. The van der Waals surface area contributed by atoms with Gasteiger partial charge in [0, 0.05) is 20.3 Å². The number of thioether (sulfide) groups is 1. The third kappa shape index (κ3) is 3.46. The first-order valence-corrected chi connectivity index (χ1v) is 6.61. The molecule has 0 saturated heterocycles. The summed E-state index contributed by atoms with van der Waals surface area (Å²) in [4.78, 5) is 29.0. The lowest BCUT2D eigenvalue weighted by molar-refractivity contribution is -0.137. The Morgan fingerprint density at radius 1 is 1.44 bits per heavy atom. The molecule has 6 heteroatoms. The lowest BCUT2D eigenvalue weighted by atomic mass is 10.3. The van der Waals surface area contributed by atoms with E-state index in [4.69, 9.17) is 4.74 Å². The van der Waals surface area contributed by atoms with Crippen LogP contribution in [-0.4, -0.2) is 48.2 Å². The molecule has 0 spiro atoms. The molecule has 0 unspecified atom stereocenters. The smallest absolute Gasteiger partial charge is 0.341 e. The van der Waals surface area contributed by atoms with Gasteiger partial charge in [-0.2, -0.15) is 0 Å². The molecule has 1 aromatic rings. The first-order chi connectivity index (χ1) is 8.47. The number of likely N-dealkylation sites (N-methyl/N-ethyl adjacent to an activating group) is 1. The van der Waals surface area contributed by atoms with Gasteiger partial charge in [0.15, 0.2) is 6.10 Å². The standard InChI is InChI=1S/C12H16N2O3S/c1-8(11(15)14(2)3)17-12(16)9-6-5-7-13-10(9)18-4/h5-8H,1-4H3/t8-/m0/s1. The molecule has 0 saturated carbocycles. The maximum atomic E-state index is 11.9. The minimum Gasteiger partial charge on any atom is -0.449 e. The molecule has 0 N–H and O–H groups in total. The number of aromatic nitrogens is 1. The predicted octanol–water partition coefficient (Wildman–Crippen LogP) is 1.44. The van der Waals surface area contributed by atoms with Crippen LogP contribution in [0.15, 0.2) is 23.4 Å². The zero-order valence-electron chi connectivity index (χ0n) is 10.8. The lowest BCUT2D eigenvalue weighted by Crippen LogP contribution is -2.35. The van der Waals surface area contributed by atoms with Crippen molar-refractivity contribution >= 4 is 23.6 Å². The number of hydrogen-bond acceptors (Lipinski definition) is 5. The Labute approximate surface area is 111 Å². The fourth-order valence-corrected chi connectivity index (χ4v) is 1.88. The highest BCUT2D eigenvalue weighted by atomic mass is 32.2. The van der Waals surface area contributed by atoms with Gasteiger partial charge in [-0.05, 0) is 25.3 Å². The van der Waals surface area contributed by atoms with E-state index >= 15 is 0 Å². The molecule has 98 valence electrons. The highest BCUT2D eigenvalue weighted by Crippen LogP contribution is 2.18. The van der Waals surface area contributed by atoms with Gasteiger partial charge in [-0.1, -0.05) is 0 Å². The second-order valence-corrected chi connectivity index (χ2v) is 4.64. The maximum Gasteiger partial charge on any atom is 0.341 e. The summed E-state index contributed by atoms with van der Waals surface area (Å²) in [7, 11) is 3.23. The second kappa shape index (κ2) is 6.39. The van der Waals surface area contributed by atoms with Crippen molar-refractivity contribution < 1.29 is 14.3 Å². The Kier molecular flexibility index (Phi) is 5.15. The van der Waals surface area contributed by atoms with Crippen molar-refractivity contribution in [2.75, 3.05) is 20.4 Å². The van der Waals surface area contributed by atoms with E-state index in [0.29, 0.717) is 10.6 Å². The monoisotopic (exact) mass is 268 g/mol. The molecule has 0 aliphatic rings. The van der Waals surface area contributed by atoms with Gasteiger partial charge in [0.25, 0.3) is 5.91 Å². The fourth-order valence-electron chi connectivity index (χ4n) is 1.35. The highest BCUT2D eigenvalue weighted by Gasteiger charge is 2.22. The summed E-state index contributed by atoms with van der Waals surface area (Å²) in [6, 6.07) is 3.29. The first-order valence-electron chi connectivity index (χ1n) is 5.38. The summed E-state index contributed by atoms with van der Waals surface area (Å²) in [5, 5.41) is 0.590. The van der Waals surface area contributed by atoms with Crippen molar-refractivity contribution in [3.8, 4) is 0 Å². The molecule has 0 aliphatic carbocycles. The van der Waals surface area contributed by atoms with E-state index in [-0.39, 0.29) is 5.91 Å². The van der Waals surface area contributed by atoms with E-state index in [1.165, 1.54) is 16.7 Å². The van der Waals surface area contributed by atoms with Crippen molar-refractivity contribution in [2.45, 2.75) is 18.1 Å². The van der Waals surface area contributed by atoms with Gasteiger partial charge in [0.05, 0.1) is 5.56 Å². The largest absolute Gasteiger partial charge is 0.449 e. The first kappa shape index (κ1) is 14.5. The van der Waals surface area contributed by atoms with Crippen molar-refractivity contribution in [3.05, 3.63) is 23.9 Å². The number of rotatable bonds is 4. The lowest BCUT2D eigenvalue weighted by Gasteiger charge is -2.17. The molecule has 1 rings (SSSR count). The molecular weight excluding hydrogens is 252 g/mol. The van der Waals surface area contributed by atoms with Crippen molar-refractivity contribution in [1.82, 2.24) is 9.88 Å². The Balaban J connectivity index is 2.80. The summed E-state index contributed by atoms with van der Waals surface area (Å²) in [5.41, 5.74) is 0.378. The second-order valence-electron chi connectivity index (χ2n) is 3.84. The normalized spacial score (nSPS) is 11.8. The summed E-state index contributed by atoms with van der Waals surface area (Å²) in [5.74, 6) is -0.784. The van der Waals surface area contributed by atoms with Gasteiger partial charge in [-0.25, -0.2) is 9.78 Å². The average Bonchev–Trinajstić information content (AvgIpc) is 2.37. The van der Waals surface area contributed by atoms with Gasteiger partial charge in [0.2, 0.25) is 0 Å². The van der Waals surface area contributed by atoms with Crippen molar-refractivity contribution in [2.24, 2.45) is 0 Å². The van der Waals surface area contributed by atoms with Crippen molar-refractivity contribution in [1.29, 1.82) is 0 Å². The van der Waals surface area contributed by atoms with E-state index < -0.39 is 12.1 Å². The molecule has 1 aromatic heterocycles. The van der Waals surface area contributed by atoms with Gasteiger partial charge >= 0.3 is 5.97 Å². The molecule has 0 radical (unpaired) electrons. The number of pyridine rings is 1. The molecular formula is C12H16N2O3S. The number of amides is 1. The van der Waals surface area contributed by atoms with E-state index in [1.54, 1.807) is 39.3 Å². The van der Waals surface area contributed by atoms with Crippen LogP contribution >= 0.6 is 11.8 Å². The minimum atomic E-state index is -0.803. The van der Waals surface area contributed by atoms with Crippen LogP contribution in [0, 0.1) is 0 Å². The molecule has 1 amide bonds. The third-order valence-corrected chi connectivity index (χ3v) is 2.97. The van der Waals surface area contributed by atoms with Crippen LogP contribution in [0.5, 0.6) is 0 Å². The van der Waals surface area contributed by atoms with E-state index in [1.807, 2.05) is 6.26 Å². The Bertz CT molecular complexity index is 449. The molecule has 0 bridgehead atoms. The zero-order chi connectivity index (χ0) is 13.7. The molecule has 0 fully saturated rings. The van der Waals surface area contributed by atoms with Crippen LogP contribution < -0.4 is 0 Å². The van der Waals surface area contributed by atoms with Crippen LogP contribution in [0.2, 0.25) is 0 Å². The summed E-state index contributed by atoms with van der Waals surface area (Å²) in [6.45, 7) is 1.55. The molecule has 0 aromatic carbocycles. The minimum absolute atomic E-state index is 0.252. The molecule has 1 atom stereocenters. The fraction of sp³-hybridized carbons (Fsp3) is 0.417. The Hall–Kier alpha value is -1.56. The summed E-state index contributed by atoms with van der Waals surface area (Å²) in [6.07, 6.45) is 2.63. The van der Waals surface area contributed by atoms with Gasteiger partial charge in [-0.15, -0.1) is 11.8 Å². The van der Waals surface area contributed by atoms with Crippen LogP contribution in [0.25, 0.3) is 0 Å². The number of hydrogen-bond donors (Lipinski definition) is 0. The molecule has 0 aliphatic heterocycles. The highest BCUT2D eigenvalue weighted by molar-refractivity contribution is 7.98. The van der Waals surface area contributed by atoms with E-state index in [0.717, 1.165) is 0 Å². The van der Waals surface area contributed by atoms with Gasteiger partial charge in [0.1, 0.15) is 5.03 Å². The van der Waals surface area contributed by atoms with Crippen LogP contribution in [-0.2, 0) is 9.53 Å². The Morgan fingerprint density at radius 2 is 2.11 bits per heavy atom. The predicted molar refractivity (Wildman–Crippen MR) is 69.6 cm³/mol.